The monoisotopic (exact) mass is 510 g/mol. The minimum Gasteiger partial charge on any atom is -0.382 e. The standard InChI is InChI=1S/C18H27ClN4O3.HI/c1-20-18(21-7-10-26-12-11-25-2)23-9-8-22(17(24)14-23)13-15-3-5-16(19)6-4-15;/h3-6H,7-14H2,1-2H3,(H,20,21);1H. The first kappa shape index (κ1) is 23.9. The fourth-order valence-electron chi connectivity index (χ4n) is 2.68. The molecule has 1 saturated heterocycles. The zero-order chi connectivity index (χ0) is 18.8. The van der Waals surface area contributed by atoms with E-state index in [1.54, 1.807) is 14.2 Å². The maximum absolute atomic E-state index is 12.5. The summed E-state index contributed by atoms with van der Waals surface area (Å²) in [5, 5.41) is 3.93. The van der Waals surface area contributed by atoms with Crippen LogP contribution in [0.2, 0.25) is 5.02 Å². The van der Waals surface area contributed by atoms with Crippen LogP contribution in [-0.2, 0) is 20.8 Å². The molecule has 1 fully saturated rings. The van der Waals surface area contributed by atoms with Crippen LogP contribution in [0.3, 0.4) is 0 Å². The van der Waals surface area contributed by atoms with Crippen molar-refractivity contribution in [2.75, 3.05) is 60.2 Å². The summed E-state index contributed by atoms with van der Waals surface area (Å²) in [7, 11) is 3.37. The maximum Gasteiger partial charge on any atom is 0.242 e. The SMILES string of the molecule is CN=C(NCCOCCOC)N1CCN(Cc2ccc(Cl)cc2)C(=O)C1.I. The highest BCUT2D eigenvalue weighted by atomic mass is 127. The molecule has 0 radical (unpaired) electrons. The van der Waals surface area contributed by atoms with E-state index in [4.69, 9.17) is 21.1 Å². The van der Waals surface area contributed by atoms with Crippen molar-refractivity contribution in [3.63, 3.8) is 0 Å². The number of aliphatic imine (C=N–C) groups is 1. The molecule has 1 N–H and O–H groups in total. The summed E-state index contributed by atoms with van der Waals surface area (Å²) in [6.45, 7) is 4.66. The van der Waals surface area contributed by atoms with E-state index >= 15 is 0 Å². The highest BCUT2D eigenvalue weighted by Gasteiger charge is 2.25. The Morgan fingerprint density at radius 1 is 1.22 bits per heavy atom. The Kier molecular flexibility index (Phi) is 11.7. The van der Waals surface area contributed by atoms with Crippen molar-refractivity contribution in [2.24, 2.45) is 4.99 Å². The third-order valence-corrected chi connectivity index (χ3v) is 4.33. The number of carbonyl (C=O) groups is 1. The van der Waals surface area contributed by atoms with Gasteiger partial charge in [0.1, 0.15) is 0 Å². The van der Waals surface area contributed by atoms with E-state index in [1.165, 1.54) is 0 Å². The number of guanidine groups is 1. The zero-order valence-corrected chi connectivity index (χ0v) is 18.9. The van der Waals surface area contributed by atoms with Crippen LogP contribution >= 0.6 is 35.6 Å². The van der Waals surface area contributed by atoms with Crippen LogP contribution in [0.1, 0.15) is 5.56 Å². The number of piperazine rings is 1. The molecule has 0 saturated carbocycles. The van der Waals surface area contributed by atoms with Crippen molar-refractivity contribution in [1.29, 1.82) is 0 Å². The molecule has 152 valence electrons. The molecule has 1 aromatic rings. The number of nitrogens with one attached hydrogen (secondary N) is 1. The van der Waals surface area contributed by atoms with E-state index in [2.05, 4.69) is 10.3 Å². The summed E-state index contributed by atoms with van der Waals surface area (Å²) in [5.41, 5.74) is 1.08. The van der Waals surface area contributed by atoms with Gasteiger partial charge in [0.15, 0.2) is 5.96 Å². The number of hydrogen-bond donors (Lipinski definition) is 1. The first-order valence-electron chi connectivity index (χ1n) is 8.68. The second kappa shape index (κ2) is 13.1. The summed E-state index contributed by atoms with van der Waals surface area (Å²) >= 11 is 5.91. The molecule has 0 aliphatic carbocycles. The first-order chi connectivity index (χ1) is 12.6. The summed E-state index contributed by atoms with van der Waals surface area (Å²) in [6.07, 6.45) is 0. The molecular weight excluding hydrogens is 483 g/mol. The van der Waals surface area contributed by atoms with Gasteiger partial charge < -0.3 is 24.6 Å². The van der Waals surface area contributed by atoms with Gasteiger partial charge in [0.05, 0.1) is 26.4 Å². The number of amides is 1. The smallest absolute Gasteiger partial charge is 0.242 e. The summed E-state index contributed by atoms with van der Waals surface area (Å²) in [6, 6.07) is 7.59. The molecule has 2 rings (SSSR count). The molecule has 9 heteroatoms. The number of carbonyl (C=O) groups excluding carboxylic acids is 1. The normalized spacial score (nSPS) is 14.9. The molecule has 1 aliphatic rings. The van der Waals surface area contributed by atoms with Gasteiger partial charge in [0.25, 0.3) is 0 Å². The molecule has 7 nitrogen and oxygen atoms in total. The number of hydrogen-bond acceptors (Lipinski definition) is 4. The molecule has 0 bridgehead atoms. The molecule has 0 atom stereocenters. The lowest BCUT2D eigenvalue weighted by molar-refractivity contribution is -0.135. The minimum absolute atomic E-state index is 0. The number of methoxy groups -OCH3 is 1. The van der Waals surface area contributed by atoms with Gasteiger partial charge in [-0.1, -0.05) is 23.7 Å². The Hall–Kier alpha value is -1.10. The average molecular weight is 511 g/mol. The van der Waals surface area contributed by atoms with E-state index in [0.717, 1.165) is 18.1 Å². The number of halogens is 2. The van der Waals surface area contributed by atoms with Crippen molar-refractivity contribution < 1.29 is 14.3 Å². The Bertz CT molecular complexity index is 601. The fraction of sp³-hybridized carbons (Fsp3) is 0.556. The van der Waals surface area contributed by atoms with Crippen LogP contribution in [0.5, 0.6) is 0 Å². The van der Waals surface area contributed by atoms with Gasteiger partial charge in [0.2, 0.25) is 5.91 Å². The van der Waals surface area contributed by atoms with Crippen LogP contribution in [-0.4, -0.2) is 81.8 Å². The highest BCUT2D eigenvalue weighted by molar-refractivity contribution is 14.0. The lowest BCUT2D eigenvalue weighted by Gasteiger charge is -2.36. The van der Waals surface area contributed by atoms with Crippen LogP contribution < -0.4 is 5.32 Å². The largest absolute Gasteiger partial charge is 0.382 e. The van der Waals surface area contributed by atoms with Crippen LogP contribution in [0.15, 0.2) is 29.3 Å². The van der Waals surface area contributed by atoms with E-state index in [0.29, 0.717) is 51.0 Å². The number of benzene rings is 1. The number of nitrogens with zero attached hydrogens (tertiary/aromatic N) is 3. The molecular formula is C18H28ClIN4O3. The summed E-state index contributed by atoms with van der Waals surface area (Å²) < 4.78 is 10.4. The van der Waals surface area contributed by atoms with Crippen molar-refractivity contribution >= 4 is 47.4 Å². The van der Waals surface area contributed by atoms with Crippen molar-refractivity contribution in [1.82, 2.24) is 15.1 Å². The van der Waals surface area contributed by atoms with Crippen LogP contribution in [0.25, 0.3) is 0 Å². The molecule has 1 aliphatic heterocycles. The zero-order valence-electron chi connectivity index (χ0n) is 15.8. The number of ether oxygens (including phenoxy) is 2. The number of rotatable bonds is 8. The van der Waals surface area contributed by atoms with Crippen LogP contribution in [0.4, 0.5) is 0 Å². The Labute approximate surface area is 183 Å². The van der Waals surface area contributed by atoms with Gasteiger partial charge in [-0.3, -0.25) is 9.79 Å². The molecule has 0 spiro atoms. The van der Waals surface area contributed by atoms with Crippen molar-refractivity contribution in [3.8, 4) is 0 Å². The predicted octanol–water partition coefficient (Wildman–Crippen LogP) is 1.84. The van der Waals surface area contributed by atoms with Crippen molar-refractivity contribution in [3.05, 3.63) is 34.9 Å². The third-order valence-electron chi connectivity index (χ3n) is 4.08. The summed E-state index contributed by atoms with van der Waals surface area (Å²) in [4.78, 5) is 20.6. The van der Waals surface area contributed by atoms with Gasteiger partial charge in [0, 0.05) is 45.4 Å². The van der Waals surface area contributed by atoms with E-state index < -0.39 is 0 Å². The molecule has 0 unspecified atom stereocenters. The van der Waals surface area contributed by atoms with Gasteiger partial charge in [-0.2, -0.15) is 0 Å². The van der Waals surface area contributed by atoms with E-state index in [1.807, 2.05) is 34.1 Å². The molecule has 27 heavy (non-hydrogen) atoms. The Morgan fingerprint density at radius 3 is 2.59 bits per heavy atom. The Morgan fingerprint density at radius 2 is 1.96 bits per heavy atom. The maximum atomic E-state index is 12.5. The van der Waals surface area contributed by atoms with Gasteiger partial charge >= 0.3 is 0 Å². The van der Waals surface area contributed by atoms with Gasteiger partial charge in [-0.15, -0.1) is 24.0 Å². The fourth-order valence-corrected chi connectivity index (χ4v) is 2.80. The van der Waals surface area contributed by atoms with Gasteiger partial charge in [-0.25, -0.2) is 0 Å². The lowest BCUT2D eigenvalue weighted by atomic mass is 10.2. The topological polar surface area (TPSA) is 66.4 Å². The lowest BCUT2D eigenvalue weighted by Crippen LogP contribution is -2.55. The van der Waals surface area contributed by atoms with Crippen LogP contribution in [0, 0.1) is 0 Å². The average Bonchev–Trinajstić information content (AvgIpc) is 2.65. The van der Waals surface area contributed by atoms with Crippen molar-refractivity contribution in [2.45, 2.75) is 6.54 Å². The van der Waals surface area contributed by atoms with E-state index in [9.17, 15) is 4.79 Å². The minimum atomic E-state index is 0. The third kappa shape index (κ3) is 8.20. The predicted molar refractivity (Wildman–Crippen MR) is 118 cm³/mol. The first-order valence-corrected chi connectivity index (χ1v) is 9.06. The molecule has 1 amide bonds. The van der Waals surface area contributed by atoms with Gasteiger partial charge in [-0.05, 0) is 17.7 Å². The summed E-state index contributed by atoms with van der Waals surface area (Å²) in [5.74, 6) is 0.810. The highest BCUT2D eigenvalue weighted by Crippen LogP contribution is 2.13. The molecule has 1 heterocycles. The molecule has 0 aromatic heterocycles. The van der Waals surface area contributed by atoms with E-state index in [-0.39, 0.29) is 29.9 Å². The molecule has 1 aromatic carbocycles. The second-order valence-corrected chi connectivity index (χ2v) is 6.38. The quantitative estimate of drug-likeness (QED) is 0.250. The Balaban J connectivity index is 0.00000364. The second-order valence-electron chi connectivity index (χ2n) is 5.94.